The van der Waals surface area contributed by atoms with E-state index in [2.05, 4.69) is 57.0 Å². The quantitative estimate of drug-likeness (QED) is 0.113. The topological polar surface area (TPSA) is 193 Å². The van der Waals surface area contributed by atoms with Crippen molar-refractivity contribution in [2.24, 2.45) is 23.7 Å². The zero-order chi connectivity index (χ0) is 44.5. The fourth-order valence-electron chi connectivity index (χ4n) is 11.3. The SMILES string of the molecule is COC(=O)N[C@H](C(=O)N1C(c2nc(-c3ccc(-c4ccc5c(ccc6[nH]c([C@@H]7C[C@H]8C[C@H]8N7C(=O)[C@@H](NC(=O)OC)C7CCOCC7)nc65)c4)cc3)c(Cl)[nH]2)C[C@H]2C[C@H]21)C1CCOCC1. The number of hydrogen-bond donors (Lipinski definition) is 4. The van der Waals surface area contributed by atoms with Crippen molar-refractivity contribution in [3.8, 4) is 22.4 Å². The lowest BCUT2D eigenvalue weighted by Gasteiger charge is -2.35. The molecule has 4 N–H and O–H groups in total. The van der Waals surface area contributed by atoms with Crippen molar-refractivity contribution in [2.75, 3.05) is 40.6 Å². The minimum atomic E-state index is -0.714. The van der Waals surface area contributed by atoms with E-state index in [9.17, 15) is 19.2 Å². The van der Waals surface area contributed by atoms with Gasteiger partial charge in [-0.15, -0.1) is 0 Å². The summed E-state index contributed by atoms with van der Waals surface area (Å²) >= 11 is 6.86. The number of aromatic amines is 2. The van der Waals surface area contributed by atoms with Gasteiger partial charge >= 0.3 is 12.2 Å². The standard InChI is InChI=1S/C48H53ClN8O8/c1-62-47(60)53-39(26-11-15-64-16-12-26)45(58)56-34-20-30(34)22-36(56)43-50-33-10-8-29-19-28(7-9-32(29)41(33)52-43)24-3-5-25(6-4-24)38-42(49)55-44(51-38)37-23-31-21-35(31)57(37)46(59)40(54-48(61)63-2)27-13-17-65-18-14-27/h3-10,19,26-27,30-31,34-37,39-40H,11-18,20-23H2,1-2H3,(H,50,52)(H,51,55)(H,53,60)(H,54,61)/t30-,31-,34-,35-,36+,37?,39+,40+/m1/s1. The summed E-state index contributed by atoms with van der Waals surface area (Å²) in [4.78, 5) is 74.4. The Bertz CT molecular complexity index is 2660. The summed E-state index contributed by atoms with van der Waals surface area (Å²) in [5.41, 5.74) is 5.28. The molecule has 2 aromatic heterocycles. The number of nitrogens with zero attached hydrogens (tertiary/aromatic N) is 4. The molecule has 2 aliphatic carbocycles. The van der Waals surface area contributed by atoms with E-state index in [4.69, 9.17) is 40.5 Å². The largest absolute Gasteiger partial charge is 0.453 e. The summed E-state index contributed by atoms with van der Waals surface area (Å²) < 4.78 is 21.0. The van der Waals surface area contributed by atoms with Crippen molar-refractivity contribution in [1.82, 2.24) is 40.4 Å². The van der Waals surface area contributed by atoms with E-state index in [0.29, 0.717) is 80.6 Å². The number of rotatable bonds is 10. The Kier molecular flexibility index (Phi) is 10.9. The molecule has 8 atom stereocenters. The van der Waals surface area contributed by atoms with Crippen molar-refractivity contribution in [1.29, 1.82) is 0 Å². The Morgan fingerprint density at radius 3 is 1.75 bits per heavy atom. The maximum absolute atomic E-state index is 14.4. The molecule has 65 heavy (non-hydrogen) atoms. The van der Waals surface area contributed by atoms with Gasteiger partial charge < -0.3 is 49.3 Å². The monoisotopic (exact) mass is 904 g/mol. The molecule has 17 heteroatoms. The Balaban J connectivity index is 0.815. The first-order valence-corrected chi connectivity index (χ1v) is 23.3. The highest BCUT2D eigenvalue weighted by atomic mass is 35.5. The smallest absolute Gasteiger partial charge is 0.407 e. The van der Waals surface area contributed by atoms with E-state index in [0.717, 1.165) is 70.0 Å². The number of fused-ring (bicyclic) bond motifs is 5. The second kappa shape index (κ2) is 16.9. The van der Waals surface area contributed by atoms with Crippen LogP contribution in [-0.2, 0) is 28.5 Å². The Morgan fingerprint density at radius 2 is 1.20 bits per heavy atom. The first kappa shape index (κ1) is 42.0. The number of ether oxygens (including phenoxy) is 4. The average molecular weight is 905 g/mol. The third-order valence-electron chi connectivity index (χ3n) is 14.9. The number of H-pyrrole nitrogens is 2. The van der Waals surface area contributed by atoms with Gasteiger partial charge in [0.15, 0.2) is 0 Å². The van der Waals surface area contributed by atoms with E-state index in [-0.39, 0.29) is 47.8 Å². The molecule has 6 aliphatic rings. The van der Waals surface area contributed by atoms with E-state index < -0.39 is 24.3 Å². The third-order valence-corrected chi connectivity index (χ3v) is 15.2. The maximum atomic E-state index is 14.4. The highest BCUT2D eigenvalue weighted by Gasteiger charge is 2.58. The zero-order valence-electron chi connectivity index (χ0n) is 36.4. The summed E-state index contributed by atoms with van der Waals surface area (Å²) in [7, 11) is 2.63. The van der Waals surface area contributed by atoms with Crippen molar-refractivity contribution in [3.05, 3.63) is 71.4 Å². The molecule has 5 aromatic rings. The van der Waals surface area contributed by atoms with E-state index in [1.54, 1.807) is 0 Å². The molecule has 4 amide bonds. The first-order chi connectivity index (χ1) is 31.7. The summed E-state index contributed by atoms with van der Waals surface area (Å²) in [6.45, 7) is 2.21. The summed E-state index contributed by atoms with van der Waals surface area (Å²) in [6.07, 6.45) is 5.01. The van der Waals surface area contributed by atoms with Gasteiger partial charge in [-0.2, -0.15) is 0 Å². The van der Waals surface area contributed by atoms with Crippen LogP contribution in [0.1, 0.15) is 75.1 Å². The van der Waals surface area contributed by atoms with Gasteiger partial charge in [-0.3, -0.25) is 9.59 Å². The highest BCUT2D eigenvalue weighted by molar-refractivity contribution is 6.32. The maximum Gasteiger partial charge on any atom is 0.407 e. The Morgan fingerprint density at radius 1 is 0.677 bits per heavy atom. The molecular formula is C48H53ClN8O8. The molecule has 4 aliphatic heterocycles. The molecule has 16 nitrogen and oxygen atoms in total. The molecule has 4 saturated heterocycles. The number of amides is 4. The number of hydrogen-bond acceptors (Lipinski definition) is 10. The number of methoxy groups -OCH3 is 2. The predicted molar refractivity (Wildman–Crippen MR) is 240 cm³/mol. The number of piperidine rings is 2. The van der Waals surface area contributed by atoms with Gasteiger partial charge in [0, 0.05) is 49.5 Å². The van der Waals surface area contributed by atoms with Crippen LogP contribution < -0.4 is 10.6 Å². The molecule has 3 aromatic carbocycles. The van der Waals surface area contributed by atoms with Crippen LogP contribution in [0.4, 0.5) is 9.59 Å². The average Bonchev–Trinajstić information content (AvgIpc) is 4.02. The summed E-state index contributed by atoms with van der Waals surface area (Å²) in [6, 6.07) is 17.0. The van der Waals surface area contributed by atoms with E-state index in [1.165, 1.54) is 14.2 Å². The van der Waals surface area contributed by atoms with Gasteiger partial charge in [-0.25, -0.2) is 19.6 Å². The van der Waals surface area contributed by atoms with E-state index >= 15 is 0 Å². The van der Waals surface area contributed by atoms with Crippen molar-refractivity contribution >= 4 is 57.4 Å². The van der Waals surface area contributed by atoms with E-state index in [1.807, 2.05) is 28.0 Å². The summed E-state index contributed by atoms with van der Waals surface area (Å²) in [5, 5.41) is 8.16. The van der Waals surface area contributed by atoms with Gasteiger partial charge in [0.1, 0.15) is 34.6 Å². The van der Waals surface area contributed by atoms with Crippen LogP contribution in [-0.4, -0.2) is 119 Å². The first-order valence-electron chi connectivity index (χ1n) is 22.9. The third kappa shape index (κ3) is 7.76. The van der Waals surface area contributed by atoms with Gasteiger partial charge in [-0.05, 0) is 104 Å². The number of alkyl carbamates (subject to hydrolysis) is 2. The fraction of sp³-hybridized carbons (Fsp3) is 0.500. The molecule has 2 saturated carbocycles. The van der Waals surface area contributed by atoms with Crippen LogP contribution in [0, 0.1) is 23.7 Å². The van der Waals surface area contributed by atoms with Crippen LogP contribution in [0.3, 0.4) is 0 Å². The molecular weight excluding hydrogens is 852 g/mol. The lowest BCUT2D eigenvalue weighted by molar-refractivity contribution is -0.138. The zero-order valence-corrected chi connectivity index (χ0v) is 37.1. The molecule has 0 radical (unpaired) electrons. The molecule has 0 spiro atoms. The number of nitrogens with one attached hydrogen (secondary N) is 4. The molecule has 6 fully saturated rings. The minimum Gasteiger partial charge on any atom is -0.453 e. The second-order valence-corrected chi connectivity index (χ2v) is 19.0. The molecule has 1 unspecified atom stereocenters. The van der Waals surface area contributed by atoms with Gasteiger partial charge in [0.25, 0.3) is 0 Å². The normalized spacial score (nSPS) is 26.1. The number of imidazole rings is 2. The number of aromatic nitrogens is 4. The van der Waals surface area contributed by atoms with Gasteiger partial charge in [0.2, 0.25) is 11.8 Å². The van der Waals surface area contributed by atoms with Crippen LogP contribution >= 0.6 is 11.6 Å². The van der Waals surface area contributed by atoms with Crippen LogP contribution in [0.25, 0.3) is 44.2 Å². The van der Waals surface area contributed by atoms with Gasteiger partial charge in [0.05, 0.1) is 37.3 Å². The van der Waals surface area contributed by atoms with Crippen LogP contribution in [0.2, 0.25) is 5.15 Å². The number of carbonyl (C=O) groups is 4. The number of halogens is 1. The Labute approximate surface area is 380 Å². The van der Waals surface area contributed by atoms with Gasteiger partial charge in [-0.1, -0.05) is 54.1 Å². The molecule has 340 valence electrons. The molecule has 6 heterocycles. The lowest BCUT2D eigenvalue weighted by atomic mass is 9.90. The van der Waals surface area contributed by atoms with Crippen molar-refractivity contribution in [2.45, 2.75) is 87.6 Å². The van der Waals surface area contributed by atoms with Crippen LogP contribution in [0.15, 0.2) is 54.6 Å². The molecule has 0 bridgehead atoms. The Hall–Kier alpha value is -5.71. The lowest BCUT2D eigenvalue weighted by Crippen LogP contribution is -2.54. The summed E-state index contributed by atoms with van der Waals surface area (Å²) in [5.74, 6) is 1.91. The van der Waals surface area contributed by atoms with Crippen LogP contribution in [0.5, 0.6) is 0 Å². The molecule has 11 rings (SSSR count). The predicted octanol–water partition coefficient (Wildman–Crippen LogP) is 7.05. The van der Waals surface area contributed by atoms with Crippen molar-refractivity contribution < 1.29 is 38.1 Å². The number of carbonyl (C=O) groups excluding carboxylic acids is 4. The van der Waals surface area contributed by atoms with Crippen molar-refractivity contribution in [3.63, 3.8) is 0 Å². The minimum absolute atomic E-state index is 0.0346. The number of likely N-dealkylation sites (tertiary alicyclic amines) is 2. The fourth-order valence-corrected chi connectivity index (χ4v) is 11.5. The number of benzene rings is 3. The second-order valence-electron chi connectivity index (χ2n) is 18.6. The highest BCUT2D eigenvalue weighted by Crippen LogP contribution is 2.55.